The van der Waals surface area contributed by atoms with E-state index < -0.39 is 0 Å². The summed E-state index contributed by atoms with van der Waals surface area (Å²) < 4.78 is 0. The largest absolute Gasteiger partial charge is 0.314 e. The third kappa shape index (κ3) is 3.88. The molecule has 0 bridgehead atoms. The predicted octanol–water partition coefficient (Wildman–Crippen LogP) is 1.10. The molecule has 0 atom stereocenters. The number of allylic oxidation sites excluding steroid dienone is 1. The second-order valence-electron chi connectivity index (χ2n) is 3.72. The van der Waals surface area contributed by atoms with Crippen LogP contribution in [0.25, 0.3) is 0 Å². The van der Waals surface area contributed by atoms with Crippen LogP contribution in [0.4, 0.5) is 0 Å². The van der Waals surface area contributed by atoms with Gasteiger partial charge >= 0.3 is 0 Å². The summed E-state index contributed by atoms with van der Waals surface area (Å²) in [6.45, 7) is 10.2. The van der Waals surface area contributed by atoms with Crippen molar-refractivity contribution in [1.82, 2.24) is 10.2 Å². The standard InChI is InChI=1S/C10H20N2/c1-10(2)4-3-7-12-8-5-11-6-9-12/h3-4,10-11H,5-9H2,1-2H3/b4-3+. The molecule has 1 rings (SSSR count). The predicted molar refractivity (Wildman–Crippen MR) is 53.3 cm³/mol. The van der Waals surface area contributed by atoms with Gasteiger partial charge in [-0.15, -0.1) is 0 Å². The molecule has 1 heterocycles. The molecule has 1 fully saturated rings. The Hall–Kier alpha value is -0.340. The van der Waals surface area contributed by atoms with E-state index >= 15 is 0 Å². The van der Waals surface area contributed by atoms with Crippen LogP contribution >= 0.6 is 0 Å². The van der Waals surface area contributed by atoms with E-state index in [0.29, 0.717) is 5.92 Å². The highest BCUT2D eigenvalue weighted by Gasteiger charge is 2.06. The van der Waals surface area contributed by atoms with Crippen molar-refractivity contribution in [3.05, 3.63) is 12.2 Å². The Morgan fingerprint density at radius 2 is 2.00 bits per heavy atom. The minimum Gasteiger partial charge on any atom is -0.314 e. The maximum absolute atomic E-state index is 3.35. The van der Waals surface area contributed by atoms with Crippen molar-refractivity contribution in [3.8, 4) is 0 Å². The molecule has 1 saturated heterocycles. The highest BCUT2D eigenvalue weighted by molar-refractivity contribution is 4.88. The molecule has 2 nitrogen and oxygen atoms in total. The third-order valence-electron chi connectivity index (χ3n) is 2.09. The van der Waals surface area contributed by atoms with Gasteiger partial charge in [-0.05, 0) is 5.92 Å². The number of nitrogens with one attached hydrogen (secondary N) is 1. The topological polar surface area (TPSA) is 15.3 Å². The van der Waals surface area contributed by atoms with Crippen LogP contribution in [-0.2, 0) is 0 Å². The van der Waals surface area contributed by atoms with E-state index in [1.54, 1.807) is 0 Å². The molecule has 0 amide bonds. The lowest BCUT2D eigenvalue weighted by atomic mass is 10.2. The average molecular weight is 168 g/mol. The molecule has 0 saturated carbocycles. The van der Waals surface area contributed by atoms with Crippen LogP contribution in [0.15, 0.2) is 12.2 Å². The molecule has 0 aliphatic carbocycles. The van der Waals surface area contributed by atoms with Crippen LogP contribution in [-0.4, -0.2) is 37.6 Å². The lowest BCUT2D eigenvalue weighted by molar-refractivity contribution is 0.264. The second kappa shape index (κ2) is 5.33. The van der Waals surface area contributed by atoms with Crippen LogP contribution in [0.3, 0.4) is 0 Å². The van der Waals surface area contributed by atoms with Crippen LogP contribution in [0.5, 0.6) is 0 Å². The van der Waals surface area contributed by atoms with Crippen molar-refractivity contribution in [2.45, 2.75) is 13.8 Å². The first-order chi connectivity index (χ1) is 5.79. The maximum Gasteiger partial charge on any atom is 0.0164 e. The second-order valence-corrected chi connectivity index (χ2v) is 3.72. The van der Waals surface area contributed by atoms with E-state index in [-0.39, 0.29) is 0 Å². The molecule has 0 aromatic carbocycles. The number of hydrogen-bond acceptors (Lipinski definition) is 2. The van der Waals surface area contributed by atoms with E-state index in [1.807, 2.05) is 0 Å². The van der Waals surface area contributed by atoms with Gasteiger partial charge in [0.2, 0.25) is 0 Å². The highest BCUT2D eigenvalue weighted by atomic mass is 15.2. The van der Waals surface area contributed by atoms with Gasteiger partial charge in [-0.1, -0.05) is 26.0 Å². The zero-order valence-corrected chi connectivity index (χ0v) is 8.21. The number of piperazine rings is 1. The fourth-order valence-electron chi connectivity index (χ4n) is 1.38. The van der Waals surface area contributed by atoms with Crippen molar-refractivity contribution < 1.29 is 0 Å². The van der Waals surface area contributed by atoms with Gasteiger partial charge in [0.25, 0.3) is 0 Å². The number of nitrogens with zero attached hydrogens (tertiary/aromatic N) is 1. The highest BCUT2D eigenvalue weighted by Crippen LogP contribution is 1.96. The molecule has 0 radical (unpaired) electrons. The van der Waals surface area contributed by atoms with Crippen molar-refractivity contribution in [3.63, 3.8) is 0 Å². The van der Waals surface area contributed by atoms with Gasteiger partial charge in [-0.3, -0.25) is 4.90 Å². The molecule has 0 aromatic rings. The molecule has 1 N–H and O–H groups in total. The zero-order chi connectivity index (χ0) is 8.81. The summed E-state index contributed by atoms with van der Waals surface area (Å²) in [7, 11) is 0. The quantitative estimate of drug-likeness (QED) is 0.635. The van der Waals surface area contributed by atoms with E-state index in [2.05, 4.69) is 36.2 Å². The molecule has 0 unspecified atom stereocenters. The van der Waals surface area contributed by atoms with Crippen molar-refractivity contribution in [2.24, 2.45) is 5.92 Å². The molecular weight excluding hydrogens is 148 g/mol. The van der Waals surface area contributed by atoms with Crippen LogP contribution in [0.2, 0.25) is 0 Å². The Morgan fingerprint density at radius 3 is 2.58 bits per heavy atom. The van der Waals surface area contributed by atoms with E-state index in [4.69, 9.17) is 0 Å². The molecule has 1 aliphatic heterocycles. The number of hydrogen-bond donors (Lipinski definition) is 1. The SMILES string of the molecule is CC(C)/C=C/CN1CCNCC1. The monoisotopic (exact) mass is 168 g/mol. The summed E-state index contributed by atoms with van der Waals surface area (Å²) in [6, 6.07) is 0. The molecule has 70 valence electrons. The maximum atomic E-state index is 3.35. The Bertz CT molecular complexity index is 135. The summed E-state index contributed by atoms with van der Waals surface area (Å²) in [4.78, 5) is 2.48. The zero-order valence-electron chi connectivity index (χ0n) is 8.21. The van der Waals surface area contributed by atoms with Gasteiger partial charge in [0.15, 0.2) is 0 Å². The summed E-state index contributed by atoms with van der Waals surface area (Å²) in [5.41, 5.74) is 0. The van der Waals surface area contributed by atoms with Crippen LogP contribution in [0, 0.1) is 5.92 Å². The average Bonchev–Trinajstić information content (AvgIpc) is 2.05. The first-order valence-corrected chi connectivity index (χ1v) is 4.89. The van der Waals surface area contributed by atoms with Gasteiger partial charge in [-0.2, -0.15) is 0 Å². The van der Waals surface area contributed by atoms with Crippen LogP contribution in [0.1, 0.15) is 13.8 Å². The number of rotatable bonds is 3. The minimum atomic E-state index is 0.688. The Kier molecular flexibility index (Phi) is 4.33. The van der Waals surface area contributed by atoms with E-state index in [9.17, 15) is 0 Å². The molecular formula is C10H20N2. The molecule has 0 aromatic heterocycles. The van der Waals surface area contributed by atoms with Gasteiger partial charge in [0, 0.05) is 32.7 Å². The summed E-state index contributed by atoms with van der Waals surface area (Å²) in [5.74, 6) is 0.688. The van der Waals surface area contributed by atoms with Gasteiger partial charge in [-0.25, -0.2) is 0 Å². The van der Waals surface area contributed by atoms with Crippen molar-refractivity contribution >= 4 is 0 Å². The summed E-state index contributed by atoms with van der Waals surface area (Å²) in [5, 5.41) is 3.35. The fraction of sp³-hybridized carbons (Fsp3) is 0.800. The van der Waals surface area contributed by atoms with Crippen molar-refractivity contribution in [2.75, 3.05) is 32.7 Å². The molecule has 0 spiro atoms. The Balaban J connectivity index is 2.12. The summed E-state index contributed by atoms with van der Waals surface area (Å²) in [6.07, 6.45) is 4.57. The van der Waals surface area contributed by atoms with Gasteiger partial charge in [0.05, 0.1) is 0 Å². The Labute approximate surface area is 75.6 Å². The lowest BCUT2D eigenvalue weighted by Crippen LogP contribution is -2.43. The first-order valence-electron chi connectivity index (χ1n) is 4.89. The minimum absolute atomic E-state index is 0.688. The summed E-state index contributed by atoms with van der Waals surface area (Å²) >= 11 is 0. The molecule has 12 heavy (non-hydrogen) atoms. The normalized spacial score (nSPS) is 20.9. The molecule has 1 aliphatic rings. The smallest absolute Gasteiger partial charge is 0.0164 e. The Morgan fingerprint density at radius 1 is 1.33 bits per heavy atom. The van der Waals surface area contributed by atoms with Crippen molar-refractivity contribution in [1.29, 1.82) is 0 Å². The third-order valence-corrected chi connectivity index (χ3v) is 2.09. The van der Waals surface area contributed by atoms with Crippen LogP contribution < -0.4 is 5.32 Å². The van der Waals surface area contributed by atoms with E-state index in [0.717, 1.165) is 19.6 Å². The van der Waals surface area contributed by atoms with E-state index in [1.165, 1.54) is 13.1 Å². The first kappa shape index (κ1) is 9.75. The lowest BCUT2D eigenvalue weighted by Gasteiger charge is -2.25. The fourth-order valence-corrected chi connectivity index (χ4v) is 1.38. The van der Waals surface area contributed by atoms with Gasteiger partial charge in [0.1, 0.15) is 0 Å². The molecule has 2 heteroatoms. The van der Waals surface area contributed by atoms with Gasteiger partial charge < -0.3 is 5.32 Å².